The summed E-state index contributed by atoms with van der Waals surface area (Å²) >= 11 is 0. The number of amides is 1. The quantitative estimate of drug-likeness (QED) is 0.410. The number of nitrogens with zero attached hydrogens (tertiary/aromatic N) is 1. The van der Waals surface area contributed by atoms with Crippen LogP contribution in [0.25, 0.3) is 5.57 Å². The highest BCUT2D eigenvalue weighted by molar-refractivity contribution is 6.23. The first kappa shape index (κ1) is 21.3. The molecule has 0 fully saturated rings. The Bertz CT molecular complexity index is 1460. The fourth-order valence-corrected chi connectivity index (χ4v) is 5.51. The summed E-state index contributed by atoms with van der Waals surface area (Å²) in [5, 5.41) is 3.68. The number of anilines is 1. The molecule has 2 aliphatic rings. The molecule has 0 aliphatic carbocycles. The number of para-hydroxylation sites is 1. The zero-order chi connectivity index (χ0) is 24.0. The van der Waals surface area contributed by atoms with Gasteiger partial charge in [-0.2, -0.15) is 0 Å². The summed E-state index contributed by atoms with van der Waals surface area (Å²) in [5.74, 6) is -0.170. The zero-order valence-corrected chi connectivity index (χ0v) is 19.3. The van der Waals surface area contributed by atoms with Gasteiger partial charge < -0.3 is 4.90 Å². The summed E-state index contributed by atoms with van der Waals surface area (Å²) in [6.45, 7) is 0. The minimum atomic E-state index is -1.17. The molecule has 1 spiro atoms. The average Bonchev–Trinajstić information content (AvgIpc) is 3.39. The molecule has 0 saturated carbocycles. The number of likely N-dealkylation sites (N-methyl/N-ethyl adjacent to an activating group) is 1. The molecule has 4 nitrogen and oxygen atoms in total. The molecule has 4 heteroatoms. The summed E-state index contributed by atoms with van der Waals surface area (Å²) in [6, 6.07) is 36.4. The maximum Gasteiger partial charge on any atom is 0.256 e. The van der Waals surface area contributed by atoms with Crippen molar-refractivity contribution in [3.8, 4) is 0 Å². The van der Waals surface area contributed by atoms with Crippen molar-refractivity contribution in [2.45, 2.75) is 11.6 Å². The largest absolute Gasteiger partial charge is 0.313 e. The van der Waals surface area contributed by atoms with Crippen LogP contribution in [0.4, 0.5) is 5.69 Å². The van der Waals surface area contributed by atoms with Gasteiger partial charge in [0.25, 0.3) is 5.91 Å². The molecule has 170 valence electrons. The van der Waals surface area contributed by atoms with E-state index in [9.17, 15) is 9.59 Å². The molecule has 0 radical (unpaired) electrons. The van der Waals surface area contributed by atoms with E-state index in [1.165, 1.54) is 0 Å². The Kier molecular flexibility index (Phi) is 4.97. The minimum absolute atomic E-state index is 0.0810. The molecule has 0 unspecified atom stereocenters. The Labute approximate surface area is 204 Å². The van der Waals surface area contributed by atoms with Crippen molar-refractivity contribution < 1.29 is 9.59 Å². The number of hydrogen-bond acceptors (Lipinski definition) is 3. The minimum Gasteiger partial charge on any atom is -0.313 e. The number of fused-ring (bicyclic) bond motifs is 2. The topological polar surface area (TPSA) is 49.4 Å². The first-order valence-corrected chi connectivity index (χ1v) is 11.7. The molecule has 2 atom stereocenters. The molecule has 0 aromatic heterocycles. The SMILES string of the molecule is CN1C(=O)[C@@]2(N[C@H](c3ccccc3)C(C(=O)c3ccccc3)=C2c2ccccc2)c2ccccc21. The van der Waals surface area contributed by atoms with Gasteiger partial charge in [0.05, 0.1) is 6.04 Å². The van der Waals surface area contributed by atoms with Gasteiger partial charge in [0, 0.05) is 35.0 Å². The first-order chi connectivity index (χ1) is 17.1. The number of Topliss-reactive ketones (excluding diaryl/α,β-unsaturated/α-hetero) is 1. The second kappa shape index (κ2) is 8.19. The van der Waals surface area contributed by atoms with Gasteiger partial charge in [-0.25, -0.2) is 0 Å². The van der Waals surface area contributed by atoms with Crippen molar-refractivity contribution in [2.75, 3.05) is 11.9 Å². The number of ketones is 1. The van der Waals surface area contributed by atoms with Crippen LogP contribution in [0.5, 0.6) is 0 Å². The van der Waals surface area contributed by atoms with Crippen molar-refractivity contribution in [1.82, 2.24) is 5.32 Å². The van der Waals surface area contributed by atoms with Crippen LogP contribution in [0.1, 0.15) is 33.1 Å². The zero-order valence-electron chi connectivity index (χ0n) is 19.3. The van der Waals surface area contributed by atoms with E-state index in [0.29, 0.717) is 11.1 Å². The van der Waals surface area contributed by atoms with E-state index in [2.05, 4.69) is 5.32 Å². The molecule has 2 aliphatic heterocycles. The van der Waals surface area contributed by atoms with Gasteiger partial charge in [-0.1, -0.05) is 109 Å². The Morgan fingerprint density at radius 2 is 1.34 bits per heavy atom. The Hall–Kier alpha value is -4.28. The Morgan fingerprint density at radius 1 is 0.771 bits per heavy atom. The fourth-order valence-electron chi connectivity index (χ4n) is 5.51. The average molecular weight is 457 g/mol. The van der Waals surface area contributed by atoms with Gasteiger partial charge in [-0.3, -0.25) is 14.9 Å². The van der Waals surface area contributed by atoms with Gasteiger partial charge in [0.2, 0.25) is 0 Å². The normalized spacial score (nSPS) is 21.0. The third-order valence-electron chi connectivity index (χ3n) is 7.06. The maximum atomic E-state index is 14.2. The first-order valence-electron chi connectivity index (χ1n) is 11.7. The van der Waals surface area contributed by atoms with Crippen molar-refractivity contribution in [3.05, 3.63) is 143 Å². The summed E-state index contributed by atoms with van der Waals surface area (Å²) < 4.78 is 0. The second-order valence-corrected chi connectivity index (χ2v) is 8.97. The highest BCUT2D eigenvalue weighted by atomic mass is 16.2. The highest BCUT2D eigenvalue weighted by Gasteiger charge is 2.59. The number of benzene rings is 4. The predicted octanol–water partition coefficient (Wildman–Crippen LogP) is 5.54. The smallest absolute Gasteiger partial charge is 0.256 e. The number of rotatable bonds is 4. The van der Waals surface area contributed by atoms with Gasteiger partial charge in [0.15, 0.2) is 11.3 Å². The summed E-state index contributed by atoms with van der Waals surface area (Å²) in [7, 11) is 1.80. The number of carbonyl (C=O) groups excluding carboxylic acids is 2. The van der Waals surface area contributed by atoms with Gasteiger partial charge >= 0.3 is 0 Å². The van der Waals surface area contributed by atoms with Crippen LogP contribution in [0.2, 0.25) is 0 Å². The van der Waals surface area contributed by atoms with Crippen LogP contribution >= 0.6 is 0 Å². The Balaban J connectivity index is 1.71. The Morgan fingerprint density at radius 3 is 2.03 bits per heavy atom. The van der Waals surface area contributed by atoms with Crippen LogP contribution in [0, 0.1) is 0 Å². The lowest BCUT2D eigenvalue weighted by atomic mass is 9.79. The van der Waals surface area contributed by atoms with Crippen LogP contribution in [0.15, 0.2) is 121 Å². The lowest BCUT2D eigenvalue weighted by Gasteiger charge is -2.29. The molecule has 6 rings (SSSR count). The molecule has 0 bridgehead atoms. The highest BCUT2D eigenvalue weighted by Crippen LogP contribution is 2.55. The molecule has 4 aromatic carbocycles. The fraction of sp³-hybridized carbons (Fsp3) is 0.0968. The molecule has 1 N–H and O–H groups in total. The van der Waals surface area contributed by atoms with E-state index in [1.807, 2.05) is 115 Å². The van der Waals surface area contributed by atoms with Crippen LogP contribution in [-0.4, -0.2) is 18.7 Å². The number of carbonyl (C=O) groups is 2. The predicted molar refractivity (Wildman–Crippen MR) is 138 cm³/mol. The summed E-state index contributed by atoms with van der Waals surface area (Å²) in [5.41, 5.74) is 4.26. The summed E-state index contributed by atoms with van der Waals surface area (Å²) in [4.78, 5) is 30.1. The second-order valence-electron chi connectivity index (χ2n) is 8.97. The third kappa shape index (κ3) is 3.11. The van der Waals surface area contributed by atoms with E-state index in [1.54, 1.807) is 11.9 Å². The van der Waals surface area contributed by atoms with E-state index < -0.39 is 11.6 Å². The van der Waals surface area contributed by atoms with Crippen LogP contribution < -0.4 is 10.2 Å². The molecular formula is C31H24N2O2. The molecule has 4 aromatic rings. The molecule has 0 saturated heterocycles. The van der Waals surface area contributed by atoms with E-state index in [4.69, 9.17) is 0 Å². The molecule has 35 heavy (non-hydrogen) atoms. The van der Waals surface area contributed by atoms with Gasteiger partial charge in [-0.15, -0.1) is 0 Å². The molecule has 2 heterocycles. The van der Waals surface area contributed by atoms with E-state index in [-0.39, 0.29) is 11.7 Å². The lowest BCUT2D eigenvalue weighted by Crippen LogP contribution is -2.48. The third-order valence-corrected chi connectivity index (χ3v) is 7.06. The number of hydrogen-bond donors (Lipinski definition) is 1. The van der Waals surface area contributed by atoms with Crippen molar-refractivity contribution >= 4 is 23.0 Å². The standard InChI is InChI=1S/C31H24N2O2/c1-33-25-20-12-11-19-24(25)31(30(33)35)27(21-13-5-2-6-14-21)26(29(34)23-17-9-4-10-18-23)28(32-31)22-15-7-3-8-16-22/h2-20,28,32H,1H3/t28-,31-/m1/s1. The maximum absolute atomic E-state index is 14.2. The van der Waals surface area contributed by atoms with Crippen molar-refractivity contribution in [2.24, 2.45) is 0 Å². The van der Waals surface area contributed by atoms with Crippen molar-refractivity contribution in [3.63, 3.8) is 0 Å². The molecular weight excluding hydrogens is 432 g/mol. The van der Waals surface area contributed by atoms with E-state index >= 15 is 0 Å². The van der Waals surface area contributed by atoms with E-state index in [0.717, 1.165) is 28.0 Å². The monoisotopic (exact) mass is 456 g/mol. The van der Waals surface area contributed by atoms with Crippen LogP contribution in [0.3, 0.4) is 0 Å². The number of nitrogens with one attached hydrogen (secondary N) is 1. The summed E-state index contributed by atoms with van der Waals surface area (Å²) in [6.07, 6.45) is 0. The molecule has 1 amide bonds. The van der Waals surface area contributed by atoms with Gasteiger partial charge in [0.1, 0.15) is 0 Å². The van der Waals surface area contributed by atoms with Crippen LogP contribution in [-0.2, 0) is 10.3 Å². The lowest BCUT2D eigenvalue weighted by molar-refractivity contribution is -0.121. The van der Waals surface area contributed by atoms with Crippen molar-refractivity contribution in [1.29, 1.82) is 0 Å². The van der Waals surface area contributed by atoms with Gasteiger partial charge in [-0.05, 0) is 17.2 Å².